The van der Waals surface area contributed by atoms with Crippen LogP contribution in [0.25, 0.3) is 0 Å². The lowest BCUT2D eigenvalue weighted by Gasteiger charge is -2.27. The first-order valence-corrected chi connectivity index (χ1v) is 12.5. The third-order valence-electron chi connectivity index (χ3n) is 6.37. The van der Waals surface area contributed by atoms with Crippen LogP contribution in [0.15, 0.2) is 35.9 Å². The second-order valence-electron chi connectivity index (χ2n) is 8.99. The van der Waals surface area contributed by atoms with Gasteiger partial charge in [-0.15, -0.1) is 0 Å². The molecular weight excluding hydrogens is 472 g/mol. The van der Waals surface area contributed by atoms with Crippen molar-refractivity contribution < 1.29 is 29.3 Å². The van der Waals surface area contributed by atoms with E-state index in [4.69, 9.17) is 26.6 Å². The predicted octanol–water partition coefficient (Wildman–Crippen LogP) is 4.07. The number of hydrogen-bond acceptors (Lipinski definition) is 5. The summed E-state index contributed by atoms with van der Waals surface area (Å²) in [4.78, 5) is 34.5. The molecule has 1 aromatic rings. The van der Waals surface area contributed by atoms with Crippen molar-refractivity contribution in [2.24, 2.45) is 0 Å². The van der Waals surface area contributed by atoms with E-state index >= 15 is 0 Å². The van der Waals surface area contributed by atoms with Crippen molar-refractivity contribution in [3.05, 3.63) is 52.1 Å². The molecule has 1 amide bonds. The van der Waals surface area contributed by atoms with Crippen LogP contribution in [-0.2, 0) is 16.0 Å². The fourth-order valence-corrected chi connectivity index (χ4v) is 4.94. The Morgan fingerprint density at radius 1 is 1.09 bits per heavy atom. The third kappa shape index (κ3) is 8.40. The highest BCUT2D eigenvalue weighted by Gasteiger charge is 2.27. The molecule has 0 spiro atoms. The summed E-state index contributed by atoms with van der Waals surface area (Å²) in [7, 11) is 0. The Labute approximate surface area is 210 Å². The average Bonchev–Trinajstić information content (AvgIpc) is 3.28. The molecule has 3 aliphatic rings. The molecule has 0 radical (unpaired) electrons. The number of carbonyl (C=O) groups is 3. The van der Waals surface area contributed by atoms with Crippen molar-refractivity contribution in [3.63, 3.8) is 0 Å². The van der Waals surface area contributed by atoms with Gasteiger partial charge in [0.2, 0.25) is 0 Å². The normalized spacial score (nSPS) is 19.7. The zero-order valence-corrected chi connectivity index (χ0v) is 20.6. The first kappa shape index (κ1) is 26.8. The molecule has 1 aliphatic carbocycles. The number of hydrogen-bond donors (Lipinski definition) is 3. The van der Waals surface area contributed by atoms with Crippen LogP contribution in [0.5, 0.6) is 5.75 Å². The van der Waals surface area contributed by atoms with Gasteiger partial charge in [0.05, 0.1) is 12.2 Å². The number of fused-ring (bicyclic) bond motifs is 1. The lowest BCUT2D eigenvalue weighted by atomic mass is 9.99. The van der Waals surface area contributed by atoms with Crippen LogP contribution in [0.1, 0.15) is 60.9 Å². The number of carboxylic acid groups (broad SMARTS) is 2. The SMILES string of the molecule is O=C(NCC1CCCN1CC1=CCCCC1)c1cc(Cl)cc2c1OCCC2.O=C(O)/C=C/C(=O)O. The van der Waals surface area contributed by atoms with E-state index in [2.05, 4.69) is 16.3 Å². The topological polar surface area (TPSA) is 116 Å². The van der Waals surface area contributed by atoms with Gasteiger partial charge in [0, 0.05) is 36.3 Å². The second-order valence-corrected chi connectivity index (χ2v) is 9.42. The monoisotopic (exact) mass is 504 g/mol. The Morgan fingerprint density at radius 2 is 1.86 bits per heavy atom. The standard InChI is InChI=1S/C22H29ClN2O2.C4H4O4/c23-18-12-17-8-5-11-27-21(17)20(13-18)22(26)24-14-19-9-4-10-25(19)15-16-6-2-1-3-7-16;5-3(6)1-2-4(7)8/h6,12-13,19H,1-5,7-11,14-15H2,(H,24,26);1-2H,(H,5,6)(H,7,8)/b;2-1+. The predicted molar refractivity (Wildman–Crippen MR) is 133 cm³/mol. The van der Waals surface area contributed by atoms with E-state index in [0.29, 0.717) is 41.9 Å². The van der Waals surface area contributed by atoms with Crippen LogP contribution < -0.4 is 10.1 Å². The summed E-state index contributed by atoms with van der Waals surface area (Å²) in [6.07, 6.45) is 12.9. The number of aliphatic carboxylic acids is 2. The zero-order valence-electron chi connectivity index (χ0n) is 19.8. The number of halogens is 1. The number of amides is 1. The van der Waals surface area contributed by atoms with Crippen LogP contribution in [0, 0.1) is 0 Å². The van der Waals surface area contributed by atoms with Gasteiger partial charge in [0.1, 0.15) is 5.75 Å². The van der Waals surface area contributed by atoms with E-state index < -0.39 is 11.9 Å². The maximum absolute atomic E-state index is 12.8. The lowest BCUT2D eigenvalue weighted by Crippen LogP contribution is -2.41. The summed E-state index contributed by atoms with van der Waals surface area (Å²) < 4.78 is 5.79. The molecule has 1 saturated heterocycles. The number of allylic oxidation sites excluding steroid dienone is 1. The number of aryl methyl sites for hydroxylation is 1. The molecule has 1 unspecified atom stereocenters. The molecular formula is C26H33ClN2O6. The molecule has 2 heterocycles. The first-order valence-electron chi connectivity index (χ1n) is 12.1. The number of nitrogens with one attached hydrogen (secondary N) is 1. The summed E-state index contributed by atoms with van der Waals surface area (Å²) in [5.74, 6) is -1.86. The Hall–Kier alpha value is -2.84. The van der Waals surface area contributed by atoms with Gasteiger partial charge < -0.3 is 20.3 Å². The molecule has 0 saturated carbocycles. The van der Waals surface area contributed by atoms with E-state index in [0.717, 1.165) is 43.7 Å². The Bertz CT molecular complexity index is 974. The van der Waals surface area contributed by atoms with Gasteiger partial charge in [-0.25, -0.2) is 9.59 Å². The number of nitrogens with zero attached hydrogens (tertiary/aromatic N) is 1. The lowest BCUT2D eigenvalue weighted by molar-refractivity contribution is -0.134. The summed E-state index contributed by atoms with van der Waals surface area (Å²) >= 11 is 6.23. The van der Waals surface area contributed by atoms with Gasteiger partial charge in [-0.3, -0.25) is 9.69 Å². The number of ether oxygens (including phenoxy) is 1. The van der Waals surface area contributed by atoms with Crippen LogP contribution >= 0.6 is 11.6 Å². The molecule has 4 rings (SSSR count). The van der Waals surface area contributed by atoms with Crippen molar-refractivity contribution in [3.8, 4) is 5.75 Å². The summed E-state index contributed by atoms with van der Waals surface area (Å²) in [6, 6.07) is 4.08. The molecule has 0 aromatic heterocycles. The van der Waals surface area contributed by atoms with Gasteiger partial charge in [-0.05, 0) is 75.6 Å². The van der Waals surface area contributed by atoms with Crippen molar-refractivity contribution >= 4 is 29.4 Å². The molecule has 1 atom stereocenters. The van der Waals surface area contributed by atoms with Gasteiger partial charge in [0.15, 0.2) is 0 Å². The fraction of sp³-hybridized carbons (Fsp3) is 0.500. The van der Waals surface area contributed by atoms with E-state index in [1.54, 1.807) is 11.6 Å². The molecule has 35 heavy (non-hydrogen) atoms. The Morgan fingerprint density at radius 3 is 2.54 bits per heavy atom. The number of carbonyl (C=O) groups excluding carboxylic acids is 1. The molecule has 9 heteroatoms. The largest absolute Gasteiger partial charge is 0.492 e. The van der Waals surface area contributed by atoms with E-state index in [9.17, 15) is 14.4 Å². The molecule has 1 fully saturated rings. The highest BCUT2D eigenvalue weighted by molar-refractivity contribution is 6.31. The molecule has 190 valence electrons. The maximum Gasteiger partial charge on any atom is 0.328 e. The number of rotatable bonds is 7. The van der Waals surface area contributed by atoms with Crippen LogP contribution in [0.2, 0.25) is 5.02 Å². The average molecular weight is 505 g/mol. The molecule has 1 aromatic carbocycles. The maximum atomic E-state index is 12.8. The summed E-state index contributed by atoms with van der Waals surface area (Å²) in [5, 5.41) is 19.4. The van der Waals surface area contributed by atoms with Crippen molar-refractivity contribution in [1.29, 1.82) is 0 Å². The van der Waals surface area contributed by atoms with Crippen LogP contribution in [0.4, 0.5) is 0 Å². The number of carboxylic acids is 2. The Kier molecular flexibility index (Phi) is 10.2. The van der Waals surface area contributed by atoms with Crippen LogP contribution in [-0.4, -0.2) is 65.2 Å². The first-order chi connectivity index (χ1) is 16.8. The molecule has 3 N–H and O–H groups in total. The highest BCUT2D eigenvalue weighted by Crippen LogP contribution is 2.32. The minimum absolute atomic E-state index is 0.0700. The van der Waals surface area contributed by atoms with E-state index in [1.165, 1.54) is 32.1 Å². The summed E-state index contributed by atoms with van der Waals surface area (Å²) in [5.41, 5.74) is 3.21. The van der Waals surface area contributed by atoms with E-state index in [-0.39, 0.29) is 5.91 Å². The minimum atomic E-state index is -1.26. The van der Waals surface area contributed by atoms with Gasteiger partial charge >= 0.3 is 11.9 Å². The number of benzene rings is 1. The smallest absolute Gasteiger partial charge is 0.328 e. The number of likely N-dealkylation sites (tertiary alicyclic amines) is 1. The van der Waals surface area contributed by atoms with Crippen molar-refractivity contribution in [1.82, 2.24) is 10.2 Å². The Balaban J connectivity index is 0.000000371. The van der Waals surface area contributed by atoms with Crippen LogP contribution in [0.3, 0.4) is 0 Å². The van der Waals surface area contributed by atoms with Gasteiger partial charge in [-0.2, -0.15) is 0 Å². The van der Waals surface area contributed by atoms with Gasteiger partial charge in [0.25, 0.3) is 5.91 Å². The van der Waals surface area contributed by atoms with Crippen molar-refractivity contribution in [2.75, 3.05) is 26.2 Å². The second kappa shape index (κ2) is 13.3. The molecule has 0 bridgehead atoms. The summed E-state index contributed by atoms with van der Waals surface area (Å²) in [6.45, 7) is 3.55. The van der Waals surface area contributed by atoms with Gasteiger partial charge in [-0.1, -0.05) is 23.3 Å². The fourth-order valence-electron chi connectivity index (χ4n) is 4.70. The van der Waals surface area contributed by atoms with Crippen molar-refractivity contribution in [2.45, 2.75) is 57.4 Å². The third-order valence-corrected chi connectivity index (χ3v) is 6.59. The molecule has 2 aliphatic heterocycles. The quantitative estimate of drug-likeness (QED) is 0.378. The zero-order chi connectivity index (χ0) is 25.2. The minimum Gasteiger partial charge on any atom is -0.492 e. The highest BCUT2D eigenvalue weighted by atomic mass is 35.5. The van der Waals surface area contributed by atoms with E-state index in [1.807, 2.05) is 6.07 Å². The molecule has 8 nitrogen and oxygen atoms in total.